The van der Waals surface area contributed by atoms with Crippen LogP contribution in [0, 0.1) is 5.92 Å². The van der Waals surface area contributed by atoms with Crippen molar-refractivity contribution in [3.8, 4) is 0 Å². The first-order valence-corrected chi connectivity index (χ1v) is 6.99. The van der Waals surface area contributed by atoms with Crippen LogP contribution < -0.4 is 5.73 Å². The van der Waals surface area contributed by atoms with Crippen LogP contribution in [0.2, 0.25) is 5.02 Å². The molecular weight excluding hydrogens is 230 g/mol. The van der Waals surface area contributed by atoms with Gasteiger partial charge in [0, 0.05) is 16.5 Å². The molecular formula is C15H22ClN. The molecule has 2 rings (SSSR count). The van der Waals surface area contributed by atoms with E-state index in [2.05, 4.69) is 26.0 Å². The highest BCUT2D eigenvalue weighted by Crippen LogP contribution is 2.48. The van der Waals surface area contributed by atoms with E-state index in [0.717, 1.165) is 11.4 Å². The average Bonchev–Trinajstić information content (AvgIpc) is 2.29. The Morgan fingerprint density at radius 2 is 1.88 bits per heavy atom. The van der Waals surface area contributed by atoms with Gasteiger partial charge in [-0.1, -0.05) is 50.4 Å². The predicted molar refractivity (Wildman–Crippen MR) is 74.4 cm³/mol. The van der Waals surface area contributed by atoms with Crippen LogP contribution in [-0.4, -0.2) is 6.04 Å². The van der Waals surface area contributed by atoms with Gasteiger partial charge in [0.05, 0.1) is 0 Å². The zero-order valence-corrected chi connectivity index (χ0v) is 11.5. The van der Waals surface area contributed by atoms with E-state index in [9.17, 15) is 0 Å². The minimum absolute atomic E-state index is 0.208. The molecule has 0 saturated heterocycles. The molecule has 1 saturated carbocycles. The number of hydrogen-bond donors (Lipinski definition) is 1. The van der Waals surface area contributed by atoms with Crippen LogP contribution in [0.4, 0.5) is 0 Å². The molecule has 1 aromatic carbocycles. The quantitative estimate of drug-likeness (QED) is 0.855. The number of rotatable bonds is 4. The van der Waals surface area contributed by atoms with E-state index in [1.54, 1.807) is 0 Å². The predicted octanol–water partition coefficient (Wildman–Crippen LogP) is 4.14. The Kier molecular flexibility index (Phi) is 3.79. The minimum Gasteiger partial charge on any atom is -0.327 e. The van der Waals surface area contributed by atoms with Gasteiger partial charge in [0.1, 0.15) is 0 Å². The van der Waals surface area contributed by atoms with Gasteiger partial charge in [-0.2, -0.15) is 0 Å². The van der Waals surface area contributed by atoms with Crippen molar-refractivity contribution in [3.63, 3.8) is 0 Å². The first-order chi connectivity index (χ1) is 8.10. The summed E-state index contributed by atoms with van der Waals surface area (Å²) in [7, 11) is 0. The lowest BCUT2D eigenvalue weighted by Gasteiger charge is -2.49. The Labute approximate surface area is 109 Å². The summed E-state index contributed by atoms with van der Waals surface area (Å²) < 4.78 is 0. The third-order valence-corrected chi connectivity index (χ3v) is 4.81. The number of benzene rings is 1. The zero-order valence-electron chi connectivity index (χ0n) is 10.7. The Morgan fingerprint density at radius 3 is 2.29 bits per heavy atom. The lowest BCUT2D eigenvalue weighted by molar-refractivity contribution is 0.156. The van der Waals surface area contributed by atoms with Gasteiger partial charge in [0.15, 0.2) is 0 Å². The Balaban J connectivity index is 2.28. The molecule has 2 heteroatoms. The molecule has 0 aromatic heterocycles. The van der Waals surface area contributed by atoms with Gasteiger partial charge in [0.2, 0.25) is 0 Å². The van der Waals surface area contributed by atoms with Gasteiger partial charge in [0.25, 0.3) is 0 Å². The highest BCUT2D eigenvalue weighted by atomic mass is 35.5. The molecule has 1 aliphatic carbocycles. The van der Waals surface area contributed by atoms with Gasteiger partial charge >= 0.3 is 0 Å². The minimum atomic E-state index is 0.208. The van der Waals surface area contributed by atoms with Crippen LogP contribution in [0.1, 0.15) is 45.1 Å². The monoisotopic (exact) mass is 251 g/mol. The van der Waals surface area contributed by atoms with E-state index >= 15 is 0 Å². The number of hydrogen-bond acceptors (Lipinski definition) is 1. The van der Waals surface area contributed by atoms with Crippen molar-refractivity contribution in [2.45, 2.75) is 51.0 Å². The second-order valence-electron chi connectivity index (χ2n) is 5.43. The van der Waals surface area contributed by atoms with Crippen molar-refractivity contribution in [2.75, 3.05) is 0 Å². The topological polar surface area (TPSA) is 26.0 Å². The summed E-state index contributed by atoms with van der Waals surface area (Å²) in [4.78, 5) is 0. The van der Waals surface area contributed by atoms with Crippen LogP contribution in [0.3, 0.4) is 0 Å². The third-order valence-electron chi connectivity index (χ3n) is 4.56. The van der Waals surface area contributed by atoms with Crippen molar-refractivity contribution in [1.82, 2.24) is 0 Å². The van der Waals surface area contributed by atoms with E-state index in [1.807, 2.05) is 12.1 Å². The number of nitrogens with two attached hydrogens (primary N) is 1. The fourth-order valence-corrected chi connectivity index (χ4v) is 3.08. The fraction of sp³-hybridized carbons (Fsp3) is 0.600. The van der Waals surface area contributed by atoms with E-state index in [-0.39, 0.29) is 11.5 Å². The van der Waals surface area contributed by atoms with Crippen molar-refractivity contribution in [2.24, 2.45) is 11.7 Å². The van der Waals surface area contributed by atoms with Crippen molar-refractivity contribution in [1.29, 1.82) is 0 Å². The molecule has 0 spiro atoms. The molecule has 2 atom stereocenters. The molecule has 1 nitrogen and oxygen atoms in total. The highest BCUT2D eigenvalue weighted by molar-refractivity contribution is 6.30. The molecule has 1 fully saturated rings. The normalized spacial score (nSPS) is 21.6. The van der Waals surface area contributed by atoms with Crippen LogP contribution in [0.25, 0.3) is 0 Å². The Hall–Kier alpha value is -0.530. The standard InChI is InChI=1S/C15H22ClN/c1-3-11(2)14(17)15(9-4-10-15)12-5-7-13(16)8-6-12/h5-8,11,14H,3-4,9-10,17H2,1-2H3. The van der Waals surface area contributed by atoms with Crippen LogP contribution in [0.5, 0.6) is 0 Å². The lowest BCUT2D eigenvalue weighted by Crippen LogP contribution is -2.53. The summed E-state index contributed by atoms with van der Waals surface area (Å²) in [6.07, 6.45) is 4.89. The van der Waals surface area contributed by atoms with Gasteiger partial charge in [-0.15, -0.1) is 0 Å². The van der Waals surface area contributed by atoms with Crippen molar-refractivity contribution >= 4 is 11.6 Å². The summed E-state index contributed by atoms with van der Waals surface area (Å²) in [5, 5.41) is 0.806. The van der Waals surface area contributed by atoms with E-state index < -0.39 is 0 Å². The largest absolute Gasteiger partial charge is 0.327 e. The molecule has 2 N–H and O–H groups in total. The second-order valence-corrected chi connectivity index (χ2v) is 5.86. The molecule has 0 bridgehead atoms. The molecule has 0 heterocycles. The van der Waals surface area contributed by atoms with Gasteiger partial charge in [-0.3, -0.25) is 0 Å². The third kappa shape index (κ3) is 2.23. The van der Waals surface area contributed by atoms with Crippen LogP contribution in [0.15, 0.2) is 24.3 Å². The average molecular weight is 252 g/mol. The van der Waals surface area contributed by atoms with Crippen molar-refractivity contribution in [3.05, 3.63) is 34.9 Å². The van der Waals surface area contributed by atoms with Crippen LogP contribution in [-0.2, 0) is 5.41 Å². The molecule has 1 aromatic rings. The molecule has 2 unspecified atom stereocenters. The van der Waals surface area contributed by atoms with Crippen molar-refractivity contribution < 1.29 is 0 Å². The lowest BCUT2D eigenvalue weighted by atomic mass is 9.58. The Morgan fingerprint density at radius 1 is 1.29 bits per heavy atom. The maximum absolute atomic E-state index is 6.51. The maximum Gasteiger partial charge on any atom is 0.0406 e. The van der Waals surface area contributed by atoms with Gasteiger partial charge in [-0.25, -0.2) is 0 Å². The van der Waals surface area contributed by atoms with E-state index in [0.29, 0.717) is 5.92 Å². The molecule has 0 amide bonds. The Bertz CT molecular complexity index is 367. The molecule has 0 radical (unpaired) electrons. The SMILES string of the molecule is CCC(C)C(N)C1(c2ccc(Cl)cc2)CCC1. The summed E-state index contributed by atoms with van der Waals surface area (Å²) >= 11 is 5.96. The summed E-state index contributed by atoms with van der Waals surface area (Å²) in [5.41, 5.74) is 8.09. The van der Waals surface area contributed by atoms with E-state index in [4.69, 9.17) is 17.3 Å². The summed E-state index contributed by atoms with van der Waals surface area (Å²) in [6, 6.07) is 8.55. The van der Waals surface area contributed by atoms with E-state index in [1.165, 1.54) is 24.8 Å². The smallest absolute Gasteiger partial charge is 0.0406 e. The van der Waals surface area contributed by atoms with Gasteiger partial charge in [-0.05, 0) is 36.5 Å². The molecule has 1 aliphatic rings. The highest BCUT2D eigenvalue weighted by Gasteiger charge is 2.45. The van der Waals surface area contributed by atoms with Gasteiger partial charge < -0.3 is 5.73 Å². The fourth-order valence-electron chi connectivity index (χ4n) is 2.95. The molecule has 0 aliphatic heterocycles. The summed E-state index contributed by atoms with van der Waals surface area (Å²) in [6.45, 7) is 4.49. The first kappa shape index (κ1) is 12.9. The zero-order chi connectivity index (χ0) is 12.5. The first-order valence-electron chi connectivity index (χ1n) is 6.62. The number of halogens is 1. The van der Waals surface area contributed by atoms with Crippen LogP contribution >= 0.6 is 11.6 Å². The maximum atomic E-state index is 6.51. The molecule has 94 valence electrons. The second kappa shape index (κ2) is 4.99. The summed E-state index contributed by atoms with van der Waals surface area (Å²) in [5.74, 6) is 0.575. The molecule has 17 heavy (non-hydrogen) atoms.